The number of benzene rings is 3. The Morgan fingerprint density at radius 1 is 0.865 bits per heavy atom. The number of hydrogen-bond acceptors (Lipinski definition) is 10. The average Bonchev–Trinajstić information content (AvgIpc) is 3.03. The fourth-order valence-corrected chi connectivity index (χ4v) is 5.30. The minimum atomic E-state index is -1.10. The number of carbonyl (C=O) groups is 4. The van der Waals surface area contributed by atoms with Gasteiger partial charge in [0.2, 0.25) is 0 Å². The number of hydrogen-bond donors (Lipinski definition) is 4. The summed E-state index contributed by atoms with van der Waals surface area (Å²) in [5.74, 6) is -1.09. The molecule has 4 N–H and O–H groups in total. The molecule has 1 atom stereocenters. The number of pyridine rings is 1. The molecule has 3 amide bonds. The summed E-state index contributed by atoms with van der Waals surface area (Å²) in [5, 5.41) is 20.1. The molecule has 0 spiro atoms. The number of carbonyl (C=O) groups excluding carboxylic acids is 3. The van der Waals surface area contributed by atoms with E-state index in [0.29, 0.717) is 40.7 Å². The molecule has 0 aliphatic carbocycles. The fourth-order valence-electron chi connectivity index (χ4n) is 5.30. The van der Waals surface area contributed by atoms with Crippen molar-refractivity contribution in [3.05, 3.63) is 95.2 Å². The summed E-state index contributed by atoms with van der Waals surface area (Å²) in [7, 11) is 1.85. The first kappa shape index (κ1) is 39.1. The Hall–Kier alpha value is -5.69. The van der Waals surface area contributed by atoms with Gasteiger partial charge < -0.3 is 30.0 Å². The highest BCUT2D eigenvalue weighted by molar-refractivity contribution is 6.14. The van der Waals surface area contributed by atoms with Crippen LogP contribution >= 0.6 is 0 Å². The molecule has 0 bridgehead atoms. The highest BCUT2D eigenvalue weighted by atomic mass is 16.6. The SMILES string of the molecule is CNCc1cccc(NC(=O)OCCc2ccc(C(Nc3ccc4c(N(C(=O)OC(C)(C)C)C(=O)OC(C)(C)C)nccc4c3)C(=O)O)cc2C)c1. The average molecular weight is 714 g/mol. The van der Waals surface area contributed by atoms with Gasteiger partial charge in [0.15, 0.2) is 11.9 Å². The molecule has 1 unspecified atom stereocenters. The highest BCUT2D eigenvalue weighted by Crippen LogP contribution is 2.31. The molecule has 276 valence electrons. The molecule has 0 saturated carbocycles. The van der Waals surface area contributed by atoms with Crippen LogP contribution in [0.1, 0.15) is 69.8 Å². The molecule has 3 aromatic carbocycles. The molecule has 52 heavy (non-hydrogen) atoms. The molecule has 0 radical (unpaired) electrons. The molecule has 1 heterocycles. The minimum Gasteiger partial charge on any atom is -0.479 e. The van der Waals surface area contributed by atoms with Gasteiger partial charge >= 0.3 is 24.2 Å². The second-order valence-electron chi connectivity index (χ2n) is 14.2. The van der Waals surface area contributed by atoms with Crippen LogP contribution in [0.2, 0.25) is 0 Å². The van der Waals surface area contributed by atoms with Gasteiger partial charge in [-0.3, -0.25) is 5.32 Å². The van der Waals surface area contributed by atoms with E-state index in [1.165, 1.54) is 6.20 Å². The quantitative estimate of drug-likeness (QED) is 0.111. The van der Waals surface area contributed by atoms with Crippen LogP contribution in [-0.4, -0.2) is 59.2 Å². The lowest BCUT2D eigenvalue weighted by molar-refractivity contribution is -0.138. The third-order valence-electron chi connectivity index (χ3n) is 7.52. The van der Waals surface area contributed by atoms with E-state index >= 15 is 0 Å². The van der Waals surface area contributed by atoms with E-state index < -0.39 is 41.5 Å². The molecule has 4 aromatic rings. The van der Waals surface area contributed by atoms with E-state index in [-0.39, 0.29) is 12.4 Å². The Balaban J connectivity index is 1.49. The van der Waals surface area contributed by atoms with Crippen LogP contribution < -0.4 is 20.9 Å². The van der Waals surface area contributed by atoms with Crippen LogP contribution in [0.3, 0.4) is 0 Å². The number of nitrogens with one attached hydrogen (secondary N) is 3. The lowest BCUT2D eigenvalue weighted by atomic mass is 9.98. The van der Waals surface area contributed by atoms with Crippen molar-refractivity contribution in [2.45, 2.75) is 78.7 Å². The third kappa shape index (κ3) is 10.9. The summed E-state index contributed by atoms with van der Waals surface area (Å²) < 4.78 is 16.4. The van der Waals surface area contributed by atoms with Gasteiger partial charge in [0.1, 0.15) is 11.2 Å². The molecule has 1 aromatic heterocycles. The third-order valence-corrected chi connectivity index (χ3v) is 7.52. The van der Waals surface area contributed by atoms with E-state index in [1.807, 2.05) is 38.2 Å². The van der Waals surface area contributed by atoms with Gasteiger partial charge in [-0.25, -0.2) is 24.2 Å². The first-order valence-electron chi connectivity index (χ1n) is 16.8. The molecule has 13 heteroatoms. The van der Waals surface area contributed by atoms with Gasteiger partial charge in [0, 0.05) is 35.9 Å². The second-order valence-corrected chi connectivity index (χ2v) is 14.2. The number of nitrogens with zero attached hydrogens (tertiary/aromatic N) is 2. The zero-order valence-electron chi connectivity index (χ0n) is 30.8. The molecule has 0 aliphatic heterocycles. The van der Waals surface area contributed by atoms with Gasteiger partial charge in [-0.2, -0.15) is 4.90 Å². The van der Waals surface area contributed by atoms with E-state index in [1.54, 1.807) is 84.0 Å². The normalized spacial score (nSPS) is 12.1. The topological polar surface area (TPSA) is 168 Å². The molecular formula is C39H47N5O8. The molecular weight excluding hydrogens is 666 g/mol. The van der Waals surface area contributed by atoms with Crippen LogP contribution in [0, 0.1) is 6.92 Å². The number of carboxylic acids is 1. The number of imide groups is 1. The van der Waals surface area contributed by atoms with Crippen LogP contribution in [0.15, 0.2) is 72.9 Å². The van der Waals surface area contributed by atoms with Crippen molar-refractivity contribution < 1.29 is 38.5 Å². The molecule has 0 fully saturated rings. The Kier molecular flexibility index (Phi) is 12.4. The maximum absolute atomic E-state index is 13.3. The number of fused-ring (bicyclic) bond motifs is 1. The van der Waals surface area contributed by atoms with Gasteiger partial charge in [0.25, 0.3) is 0 Å². The smallest absolute Gasteiger partial charge is 0.425 e. The molecule has 13 nitrogen and oxygen atoms in total. The number of aryl methyl sites for hydroxylation is 1. The molecule has 0 saturated heterocycles. The predicted octanol–water partition coefficient (Wildman–Crippen LogP) is 7.97. The first-order valence-corrected chi connectivity index (χ1v) is 16.8. The zero-order valence-corrected chi connectivity index (χ0v) is 30.8. The van der Waals surface area contributed by atoms with Crippen molar-refractivity contribution in [2.75, 3.05) is 29.2 Å². The maximum Gasteiger partial charge on any atom is 0.425 e. The van der Waals surface area contributed by atoms with Gasteiger partial charge in [-0.1, -0.05) is 30.3 Å². The van der Waals surface area contributed by atoms with Crippen molar-refractivity contribution in [1.82, 2.24) is 10.3 Å². The van der Waals surface area contributed by atoms with Crippen molar-refractivity contribution in [2.24, 2.45) is 0 Å². The Morgan fingerprint density at radius 2 is 1.56 bits per heavy atom. The molecule has 0 aliphatic rings. The van der Waals surface area contributed by atoms with Crippen molar-refractivity contribution >= 4 is 52.2 Å². The van der Waals surface area contributed by atoms with Crippen LogP contribution in [-0.2, 0) is 32.0 Å². The number of rotatable bonds is 11. The summed E-state index contributed by atoms with van der Waals surface area (Å²) in [6.07, 6.45) is -0.582. The summed E-state index contributed by atoms with van der Waals surface area (Å²) >= 11 is 0. The second kappa shape index (κ2) is 16.6. The van der Waals surface area contributed by atoms with Crippen molar-refractivity contribution in [3.63, 3.8) is 0 Å². The maximum atomic E-state index is 13.3. The van der Waals surface area contributed by atoms with Gasteiger partial charge in [-0.05, 0) is 120 Å². The zero-order chi connectivity index (χ0) is 38.2. The van der Waals surface area contributed by atoms with Gasteiger partial charge in [0.05, 0.1) is 6.61 Å². The van der Waals surface area contributed by atoms with E-state index in [9.17, 15) is 24.3 Å². The summed E-state index contributed by atoms with van der Waals surface area (Å²) in [6, 6.07) is 18.4. The Morgan fingerprint density at radius 3 is 2.17 bits per heavy atom. The van der Waals surface area contributed by atoms with Gasteiger partial charge in [-0.15, -0.1) is 0 Å². The van der Waals surface area contributed by atoms with E-state index in [4.69, 9.17) is 14.2 Å². The first-order chi connectivity index (χ1) is 24.4. The van der Waals surface area contributed by atoms with Crippen molar-refractivity contribution in [3.8, 4) is 0 Å². The molecule has 4 rings (SSSR count). The lowest BCUT2D eigenvalue weighted by Crippen LogP contribution is -2.44. The monoisotopic (exact) mass is 713 g/mol. The van der Waals surface area contributed by atoms with E-state index in [0.717, 1.165) is 21.6 Å². The van der Waals surface area contributed by atoms with Crippen LogP contribution in [0.4, 0.5) is 31.6 Å². The fraction of sp³-hybridized carbons (Fsp3) is 0.359. The Labute approximate surface area is 303 Å². The van der Waals surface area contributed by atoms with E-state index in [2.05, 4.69) is 20.9 Å². The Bertz CT molecular complexity index is 1900. The minimum absolute atomic E-state index is 0.00809. The number of ether oxygens (including phenoxy) is 3. The summed E-state index contributed by atoms with van der Waals surface area (Å²) in [6.45, 7) is 12.8. The number of carboxylic acid groups (broad SMARTS) is 1. The number of amides is 3. The summed E-state index contributed by atoms with van der Waals surface area (Å²) in [5.41, 5.74) is 2.61. The largest absolute Gasteiger partial charge is 0.479 e. The summed E-state index contributed by atoms with van der Waals surface area (Å²) in [4.78, 5) is 56.5. The number of anilines is 3. The number of aromatic nitrogens is 1. The van der Waals surface area contributed by atoms with Crippen molar-refractivity contribution in [1.29, 1.82) is 0 Å². The highest BCUT2D eigenvalue weighted by Gasteiger charge is 2.34. The number of aliphatic carboxylic acids is 1. The van der Waals surface area contributed by atoms with Crippen LogP contribution in [0.5, 0.6) is 0 Å². The standard InChI is InChI=1S/C39H47N5O8/c1-24-20-28(13-12-26(24)17-19-50-35(47)43-29-11-9-10-25(21-29)23-40-8)32(34(45)46)42-30-14-15-31-27(22-30)16-18-41-33(31)44(36(48)51-38(2,3)4)37(49)52-39(5,6)7/h9-16,18,20-22,32,40,42H,17,19,23H2,1-8H3,(H,43,47)(H,45,46). The lowest BCUT2D eigenvalue weighted by Gasteiger charge is -2.28. The van der Waals surface area contributed by atoms with Crippen LogP contribution in [0.25, 0.3) is 10.8 Å². The predicted molar refractivity (Wildman–Crippen MR) is 200 cm³/mol.